The lowest BCUT2D eigenvalue weighted by atomic mass is 10.1. The standard InChI is InChI=1S/C11H17NO3.ClH/c1-7(2)12-6-11(15)8-3-4-9(13)10(14)5-8;/h3-5,7,11-15H,6H2,1-2H3;1H/t11-;/m0./s1. The maximum absolute atomic E-state index is 9.73. The summed E-state index contributed by atoms with van der Waals surface area (Å²) in [5, 5.41) is 31.2. The highest BCUT2D eigenvalue weighted by molar-refractivity contribution is 5.85. The second-order valence-electron chi connectivity index (χ2n) is 3.83. The molecule has 0 aliphatic carbocycles. The molecule has 5 heteroatoms. The number of halogens is 1. The van der Waals surface area contributed by atoms with Crippen LogP contribution in [0.5, 0.6) is 11.5 Å². The Balaban J connectivity index is 0.00000225. The van der Waals surface area contributed by atoms with Gasteiger partial charge in [-0.3, -0.25) is 0 Å². The van der Waals surface area contributed by atoms with Gasteiger partial charge in [0.15, 0.2) is 11.5 Å². The Morgan fingerprint density at radius 3 is 2.31 bits per heavy atom. The van der Waals surface area contributed by atoms with E-state index in [2.05, 4.69) is 5.32 Å². The first-order valence-electron chi connectivity index (χ1n) is 4.94. The van der Waals surface area contributed by atoms with E-state index in [0.717, 1.165) is 0 Å². The molecule has 0 aromatic heterocycles. The second kappa shape index (κ2) is 6.58. The van der Waals surface area contributed by atoms with Crippen molar-refractivity contribution in [3.05, 3.63) is 23.8 Å². The maximum atomic E-state index is 9.73. The average Bonchev–Trinajstić information content (AvgIpc) is 2.18. The van der Waals surface area contributed by atoms with Crippen LogP contribution in [0.25, 0.3) is 0 Å². The van der Waals surface area contributed by atoms with Crippen molar-refractivity contribution >= 4 is 12.4 Å². The molecule has 0 fully saturated rings. The highest BCUT2D eigenvalue weighted by atomic mass is 35.5. The topological polar surface area (TPSA) is 72.7 Å². The van der Waals surface area contributed by atoms with Crippen molar-refractivity contribution in [2.24, 2.45) is 0 Å². The fraction of sp³-hybridized carbons (Fsp3) is 0.455. The fourth-order valence-corrected chi connectivity index (χ4v) is 1.21. The number of aromatic hydroxyl groups is 2. The molecular formula is C11H18ClNO3. The summed E-state index contributed by atoms with van der Waals surface area (Å²) in [4.78, 5) is 0. The lowest BCUT2D eigenvalue weighted by Crippen LogP contribution is -2.27. The summed E-state index contributed by atoms with van der Waals surface area (Å²) < 4.78 is 0. The number of benzene rings is 1. The van der Waals surface area contributed by atoms with Crippen molar-refractivity contribution in [2.75, 3.05) is 6.54 Å². The lowest BCUT2D eigenvalue weighted by Gasteiger charge is -2.14. The normalized spacial score (nSPS) is 12.2. The van der Waals surface area contributed by atoms with Gasteiger partial charge in [0.2, 0.25) is 0 Å². The van der Waals surface area contributed by atoms with Gasteiger partial charge in [-0.05, 0) is 17.7 Å². The molecule has 0 radical (unpaired) electrons. The first-order valence-corrected chi connectivity index (χ1v) is 4.94. The molecule has 0 aliphatic rings. The van der Waals surface area contributed by atoms with Gasteiger partial charge in [0.1, 0.15) is 0 Å². The third-order valence-corrected chi connectivity index (χ3v) is 2.10. The molecule has 1 rings (SSSR count). The van der Waals surface area contributed by atoms with E-state index < -0.39 is 6.10 Å². The number of rotatable bonds is 4. The number of phenols is 2. The summed E-state index contributed by atoms with van der Waals surface area (Å²) in [7, 11) is 0. The molecule has 4 nitrogen and oxygen atoms in total. The number of aliphatic hydroxyl groups excluding tert-OH is 1. The molecule has 1 aromatic rings. The molecule has 16 heavy (non-hydrogen) atoms. The van der Waals surface area contributed by atoms with Gasteiger partial charge in [-0.2, -0.15) is 0 Å². The summed E-state index contributed by atoms with van der Waals surface area (Å²) in [5.74, 6) is -0.390. The van der Waals surface area contributed by atoms with Crippen LogP contribution in [0.2, 0.25) is 0 Å². The van der Waals surface area contributed by atoms with Crippen LogP contribution in [0.1, 0.15) is 25.5 Å². The van der Waals surface area contributed by atoms with E-state index in [1.807, 2.05) is 13.8 Å². The number of aliphatic hydroxyl groups is 1. The molecule has 4 N–H and O–H groups in total. The second-order valence-corrected chi connectivity index (χ2v) is 3.83. The van der Waals surface area contributed by atoms with E-state index in [-0.39, 0.29) is 23.9 Å². The van der Waals surface area contributed by atoms with E-state index >= 15 is 0 Å². The molecule has 0 unspecified atom stereocenters. The predicted octanol–water partition coefficient (Wildman–Crippen LogP) is 1.55. The highest BCUT2D eigenvalue weighted by Crippen LogP contribution is 2.27. The van der Waals surface area contributed by atoms with Crippen molar-refractivity contribution in [1.82, 2.24) is 5.32 Å². The molecule has 92 valence electrons. The maximum Gasteiger partial charge on any atom is 0.157 e. The lowest BCUT2D eigenvalue weighted by molar-refractivity contribution is 0.171. The van der Waals surface area contributed by atoms with Crippen LogP contribution in [-0.2, 0) is 0 Å². The number of nitrogens with one attached hydrogen (secondary N) is 1. The largest absolute Gasteiger partial charge is 0.504 e. The zero-order valence-electron chi connectivity index (χ0n) is 9.34. The van der Waals surface area contributed by atoms with E-state index in [0.29, 0.717) is 18.2 Å². The number of phenolic OH excluding ortho intramolecular Hbond substituents is 2. The van der Waals surface area contributed by atoms with Crippen LogP contribution in [0.3, 0.4) is 0 Å². The molecule has 0 bridgehead atoms. The SMILES string of the molecule is CC(C)NC[C@H](O)c1ccc(O)c(O)c1.Cl. The Morgan fingerprint density at radius 1 is 1.19 bits per heavy atom. The zero-order chi connectivity index (χ0) is 11.4. The Hall–Kier alpha value is -0.970. The smallest absolute Gasteiger partial charge is 0.157 e. The first kappa shape index (κ1) is 15.0. The van der Waals surface area contributed by atoms with Gasteiger partial charge in [-0.1, -0.05) is 19.9 Å². The Labute approximate surface area is 101 Å². The molecule has 0 amide bonds. The summed E-state index contributed by atoms with van der Waals surface area (Å²) >= 11 is 0. The molecular weight excluding hydrogens is 230 g/mol. The predicted molar refractivity (Wildman–Crippen MR) is 65.1 cm³/mol. The molecule has 0 heterocycles. The molecule has 0 aliphatic heterocycles. The Bertz CT molecular complexity index is 331. The summed E-state index contributed by atoms with van der Waals surface area (Å²) in [5.41, 5.74) is 0.582. The van der Waals surface area contributed by atoms with Crippen LogP contribution >= 0.6 is 12.4 Å². The number of hydrogen-bond acceptors (Lipinski definition) is 4. The van der Waals surface area contributed by atoms with E-state index in [9.17, 15) is 10.2 Å². The quantitative estimate of drug-likeness (QED) is 0.610. The van der Waals surface area contributed by atoms with Crippen LogP contribution in [0, 0.1) is 0 Å². The highest BCUT2D eigenvalue weighted by Gasteiger charge is 2.10. The molecule has 0 saturated carbocycles. The van der Waals surface area contributed by atoms with E-state index in [4.69, 9.17) is 5.11 Å². The van der Waals surface area contributed by atoms with Gasteiger partial charge in [-0.25, -0.2) is 0 Å². The minimum atomic E-state index is -0.682. The van der Waals surface area contributed by atoms with Gasteiger partial charge >= 0.3 is 0 Å². The van der Waals surface area contributed by atoms with Gasteiger partial charge < -0.3 is 20.6 Å². The molecule has 0 saturated heterocycles. The monoisotopic (exact) mass is 247 g/mol. The summed E-state index contributed by atoms with van der Waals surface area (Å²) in [6.07, 6.45) is -0.682. The third-order valence-electron chi connectivity index (χ3n) is 2.10. The van der Waals surface area contributed by atoms with Gasteiger partial charge in [0.25, 0.3) is 0 Å². The van der Waals surface area contributed by atoms with Crippen LogP contribution in [0.4, 0.5) is 0 Å². The van der Waals surface area contributed by atoms with Crippen molar-refractivity contribution in [1.29, 1.82) is 0 Å². The fourth-order valence-electron chi connectivity index (χ4n) is 1.21. The molecule has 1 atom stereocenters. The third kappa shape index (κ3) is 4.26. The summed E-state index contributed by atoms with van der Waals surface area (Å²) in [6.45, 7) is 4.39. The Kier molecular flexibility index (Phi) is 6.18. The van der Waals surface area contributed by atoms with Crippen LogP contribution in [0.15, 0.2) is 18.2 Å². The van der Waals surface area contributed by atoms with Crippen molar-refractivity contribution in [2.45, 2.75) is 26.0 Å². The van der Waals surface area contributed by atoms with Crippen LogP contribution in [-0.4, -0.2) is 27.9 Å². The minimum absolute atomic E-state index is 0. The van der Waals surface area contributed by atoms with E-state index in [1.165, 1.54) is 12.1 Å². The van der Waals surface area contributed by atoms with E-state index in [1.54, 1.807) is 6.07 Å². The Morgan fingerprint density at radius 2 is 1.81 bits per heavy atom. The van der Waals surface area contributed by atoms with Crippen molar-refractivity contribution < 1.29 is 15.3 Å². The van der Waals surface area contributed by atoms with Crippen LogP contribution < -0.4 is 5.32 Å². The van der Waals surface area contributed by atoms with Gasteiger partial charge in [-0.15, -0.1) is 12.4 Å². The first-order chi connectivity index (χ1) is 7.00. The summed E-state index contributed by atoms with van der Waals surface area (Å²) in [6, 6.07) is 4.61. The van der Waals surface area contributed by atoms with Gasteiger partial charge in [0.05, 0.1) is 6.10 Å². The molecule has 1 aromatic carbocycles. The zero-order valence-corrected chi connectivity index (χ0v) is 10.2. The minimum Gasteiger partial charge on any atom is -0.504 e. The number of hydrogen-bond donors (Lipinski definition) is 4. The van der Waals surface area contributed by atoms with Crippen molar-refractivity contribution in [3.8, 4) is 11.5 Å². The average molecular weight is 248 g/mol. The van der Waals surface area contributed by atoms with Gasteiger partial charge in [0, 0.05) is 12.6 Å². The molecule has 0 spiro atoms. The van der Waals surface area contributed by atoms with Crippen molar-refractivity contribution in [3.63, 3.8) is 0 Å².